The normalized spacial score (nSPS) is 19.7. The van der Waals surface area contributed by atoms with Crippen molar-refractivity contribution in [1.29, 1.82) is 0 Å². The van der Waals surface area contributed by atoms with Gasteiger partial charge in [-0.1, -0.05) is 94.8 Å². The minimum Gasteiger partial charge on any atom is -0.467 e. The van der Waals surface area contributed by atoms with E-state index >= 15 is 0 Å². The second-order valence-electron chi connectivity index (χ2n) is 12.8. The Morgan fingerprint density at radius 1 is 0.833 bits per heavy atom. The summed E-state index contributed by atoms with van der Waals surface area (Å²) in [5.74, 6) is -2.87. The molecule has 1 aliphatic carbocycles. The van der Waals surface area contributed by atoms with Gasteiger partial charge in [0.1, 0.15) is 24.7 Å². The number of methoxy groups -OCH3 is 1. The lowest BCUT2D eigenvalue weighted by Gasteiger charge is -2.28. The fourth-order valence-corrected chi connectivity index (χ4v) is 5.74. The van der Waals surface area contributed by atoms with Gasteiger partial charge in [0, 0.05) is 12.8 Å². The molecule has 262 valence electrons. The highest BCUT2D eigenvalue weighted by atomic mass is 16.5. The van der Waals surface area contributed by atoms with E-state index in [0.29, 0.717) is 19.3 Å². The van der Waals surface area contributed by atoms with Gasteiger partial charge in [0.25, 0.3) is 0 Å². The number of alkyl carbamates (subject to hydrolysis) is 1. The Hall–Kier alpha value is -4.45. The summed E-state index contributed by atoms with van der Waals surface area (Å²) in [4.78, 5) is 64.9. The number of aliphatic hydroxyl groups is 1. The number of hydrogen-bond donors (Lipinski definition) is 5. The lowest BCUT2D eigenvalue weighted by molar-refractivity contribution is -0.146. The maximum absolute atomic E-state index is 13.7. The van der Waals surface area contributed by atoms with Gasteiger partial charge in [-0.25, -0.2) is 9.59 Å². The Balaban J connectivity index is 1.67. The quantitative estimate of drug-likeness (QED) is 0.170. The summed E-state index contributed by atoms with van der Waals surface area (Å²) in [6.07, 6.45) is -0.149. The maximum atomic E-state index is 13.7. The molecule has 0 aliphatic heterocycles. The minimum atomic E-state index is -1.02. The van der Waals surface area contributed by atoms with Gasteiger partial charge in [0.2, 0.25) is 17.7 Å². The summed E-state index contributed by atoms with van der Waals surface area (Å²) in [6.45, 7) is 7.35. The molecule has 0 radical (unpaired) electrons. The average molecular weight is 667 g/mol. The van der Waals surface area contributed by atoms with Crippen LogP contribution in [0.15, 0.2) is 60.7 Å². The number of benzene rings is 2. The highest BCUT2D eigenvalue weighted by Crippen LogP contribution is 2.29. The van der Waals surface area contributed by atoms with Crippen LogP contribution in [0.4, 0.5) is 4.79 Å². The molecule has 0 bridgehead atoms. The molecule has 4 amide bonds. The third-order valence-electron chi connectivity index (χ3n) is 8.85. The summed E-state index contributed by atoms with van der Waals surface area (Å²) >= 11 is 0. The van der Waals surface area contributed by atoms with Crippen molar-refractivity contribution in [1.82, 2.24) is 21.3 Å². The number of hydrogen-bond acceptors (Lipinski definition) is 8. The van der Waals surface area contributed by atoms with E-state index in [-0.39, 0.29) is 31.3 Å². The van der Waals surface area contributed by atoms with E-state index in [1.54, 1.807) is 13.8 Å². The molecule has 7 atom stereocenters. The van der Waals surface area contributed by atoms with Crippen LogP contribution >= 0.6 is 0 Å². The van der Waals surface area contributed by atoms with Crippen LogP contribution in [0.3, 0.4) is 0 Å². The van der Waals surface area contributed by atoms with Crippen LogP contribution in [-0.4, -0.2) is 72.3 Å². The number of aliphatic hydroxyl groups excluding tert-OH is 1. The van der Waals surface area contributed by atoms with Crippen LogP contribution < -0.4 is 21.3 Å². The van der Waals surface area contributed by atoms with Crippen LogP contribution in [0.1, 0.15) is 64.5 Å². The molecule has 1 fully saturated rings. The van der Waals surface area contributed by atoms with Crippen LogP contribution in [0.25, 0.3) is 0 Å². The van der Waals surface area contributed by atoms with Crippen LogP contribution in [0, 0.1) is 17.8 Å². The van der Waals surface area contributed by atoms with Crippen molar-refractivity contribution in [3.63, 3.8) is 0 Å². The van der Waals surface area contributed by atoms with Gasteiger partial charge in [0.15, 0.2) is 0 Å². The highest BCUT2D eigenvalue weighted by Gasteiger charge is 2.39. The summed E-state index contributed by atoms with van der Waals surface area (Å²) in [5, 5.41) is 22.2. The lowest BCUT2D eigenvalue weighted by atomic mass is 9.97. The number of carbonyl (C=O) groups excluding carboxylic acids is 5. The molecule has 1 saturated carbocycles. The zero-order chi connectivity index (χ0) is 35.2. The molecule has 2 aromatic rings. The van der Waals surface area contributed by atoms with Crippen molar-refractivity contribution in [2.24, 2.45) is 17.8 Å². The highest BCUT2D eigenvalue weighted by molar-refractivity contribution is 5.92. The zero-order valence-corrected chi connectivity index (χ0v) is 28.4. The first-order valence-corrected chi connectivity index (χ1v) is 16.6. The van der Waals surface area contributed by atoms with Gasteiger partial charge in [-0.15, -0.1) is 0 Å². The molecule has 3 rings (SSSR count). The van der Waals surface area contributed by atoms with Crippen LogP contribution in [0.5, 0.6) is 0 Å². The van der Waals surface area contributed by atoms with Crippen molar-refractivity contribution in [3.8, 4) is 0 Å². The van der Waals surface area contributed by atoms with E-state index in [1.165, 1.54) is 7.11 Å². The monoisotopic (exact) mass is 666 g/mol. The lowest BCUT2D eigenvalue weighted by Crippen LogP contribution is -2.57. The SMILES string of the molecule is CC[C@H](C)[C@H](NC(=O)OCc1ccccc1)C(=O)N[C@@H](Cc1ccccc1)C(=O)N[C@H]1CC[C@@H](CC(=O)N[C@H](C(=O)OC)C(C)C)[C@@H]1O. The fourth-order valence-electron chi connectivity index (χ4n) is 5.74. The second-order valence-corrected chi connectivity index (χ2v) is 12.8. The van der Waals surface area contributed by atoms with Gasteiger partial charge >= 0.3 is 12.1 Å². The van der Waals surface area contributed by atoms with Crippen molar-refractivity contribution in [2.75, 3.05) is 7.11 Å². The maximum Gasteiger partial charge on any atom is 0.408 e. The molecule has 0 saturated heterocycles. The van der Waals surface area contributed by atoms with E-state index in [1.807, 2.05) is 74.5 Å². The molecule has 0 heterocycles. The predicted octanol–water partition coefficient (Wildman–Crippen LogP) is 3.01. The van der Waals surface area contributed by atoms with E-state index in [4.69, 9.17) is 9.47 Å². The molecule has 0 spiro atoms. The van der Waals surface area contributed by atoms with Gasteiger partial charge in [-0.05, 0) is 41.7 Å². The number of carbonyl (C=O) groups is 5. The molecule has 0 aromatic heterocycles. The third kappa shape index (κ3) is 11.4. The number of rotatable bonds is 16. The minimum absolute atomic E-state index is 0.0272. The molecule has 12 nitrogen and oxygen atoms in total. The van der Waals surface area contributed by atoms with Gasteiger partial charge < -0.3 is 35.8 Å². The second kappa shape index (κ2) is 18.8. The number of esters is 1. The summed E-state index contributed by atoms with van der Waals surface area (Å²) in [7, 11) is 1.26. The Kier molecular flexibility index (Phi) is 14.9. The van der Waals surface area contributed by atoms with Gasteiger partial charge in [-0.3, -0.25) is 14.4 Å². The summed E-state index contributed by atoms with van der Waals surface area (Å²) in [6, 6.07) is 14.9. The molecule has 2 aromatic carbocycles. The largest absolute Gasteiger partial charge is 0.467 e. The van der Waals surface area contributed by atoms with Crippen molar-refractivity contribution < 1.29 is 38.6 Å². The van der Waals surface area contributed by atoms with Crippen molar-refractivity contribution in [2.45, 2.75) is 96.7 Å². The van der Waals surface area contributed by atoms with E-state index in [2.05, 4.69) is 21.3 Å². The molecular weight excluding hydrogens is 616 g/mol. The first kappa shape index (κ1) is 38.0. The topological polar surface area (TPSA) is 172 Å². The Labute approximate surface area is 282 Å². The average Bonchev–Trinajstić information content (AvgIpc) is 3.42. The third-order valence-corrected chi connectivity index (χ3v) is 8.85. The van der Waals surface area contributed by atoms with Crippen LogP contribution in [0.2, 0.25) is 0 Å². The summed E-state index contributed by atoms with van der Waals surface area (Å²) in [5.41, 5.74) is 1.61. The predicted molar refractivity (Wildman–Crippen MR) is 179 cm³/mol. The molecule has 0 unspecified atom stereocenters. The van der Waals surface area contributed by atoms with E-state index < -0.39 is 66.0 Å². The zero-order valence-electron chi connectivity index (χ0n) is 28.4. The van der Waals surface area contributed by atoms with E-state index in [0.717, 1.165) is 11.1 Å². The van der Waals surface area contributed by atoms with Crippen molar-refractivity contribution >= 4 is 29.8 Å². The Morgan fingerprint density at radius 3 is 2.04 bits per heavy atom. The molecule has 48 heavy (non-hydrogen) atoms. The number of ether oxygens (including phenoxy) is 2. The molecular formula is C36H50N4O8. The van der Waals surface area contributed by atoms with Crippen LogP contribution in [-0.2, 0) is 41.7 Å². The standard InChI is InChI=1S/C36H50N4O8/c1-6-23(4)31(40-36(46)48-21-25-15-11-8-12-16-25)34(44)38-28(19-24-13-9-7-10-14-24)33(43)37-27-18-17-26(32(27)42)20-29(41)39-30(22(2)3)35(45)47-5/h7-16,22-23,26-28,30-32,42H,6,17-21H2,1-5H3,(H,37,43)(H,38,44)(H,39,41)(H,40,46)/t23-,26-,27-,28-,30-,31-,32-/m0/s1. The Bertz CT molecular complexity index is 1360. The summed E-state index contributed by atoms with van der Waals surface area (Å²) < 4.78 is 10.1. The van der Waals surface area contributed by atoms with Gasteiger partial charge in [-0.2, -0.15) is 0 Å². The smallest absolute Gasteiger partial charge is 0.408 e. The molecule has 5 N–H and O–H groups in total. The first-order chi connectivity index (χ1) is 22.9. The van der Waals surface area contributed by atoms with E-state index in [9.17, 15) is 29.1 Å². The Morgan fingerprint density at radius 2 is 1.46 bits per heavy atom. The first-order valence-electron chi connectivity index (χ1n) is 16.6. The van der Waals surface area contributed by atoms with Gasteiger partial charge in [0.05, 0.1) is 19.3 Å². The number of nitrogens with one attached hydrogen (secondary N) is 4. The fraction of sp³-hybridized carbons (Fsp3) is 0.528. The number of amides is 4. The molecule has 1 aliphatic rings. The van der Waals surface area contributed by atoms with Crippen molar-refractivity contribution in [3.05, 3.63) is 71.8 Å². The molecule has 12 heteroatoms.